The van der Waals surface area contributed by atoms with Crippen molar-refractivity contribution in [1.82, 2.24) is 19.1 Å². The van der Waals surface area contributed by atoms with Crippen LogP contribution in [0.1, 0.15) is 11.1 Å². The van der Waals surface area contributed by atoms with E-state index < -0.39 is 17.4 Å². The van der Waals surface area contributed by atoms with Gasteiger partial charge in [0.2, 0.25) is 5.95 Å². The van der Waals surface area contributed by atoms with Gasteiger partial charge < -0.3 is 14.4 Å². The number of hydrogen-bond acceptors (Lipinski definition) is 7. The number of anilines is 1. The molecule has 4 aromatic rings. The highest BCUT2D eigenvalue weighted by molar-refractivity contribution is 6.30. The number of aliphatic hydroxyl groups excluding tert-OH is 1. The van der Waals surface area contributed by atoms with Gasteiger partial charge in [0, 0.05) is 12.1 Å². The summed E-state index contributed by atoms with van der Waals surface area (Å²) in [7, 11) is 1.50. The molecular formula is C23H23ClN6O4. The molecule has 2 heterocycles. The van der Waals surface area contributed by atoms with Crippen LogP contribution in [0.25, 0.3) is 11.2 Å². The van der Waals surface area contributed by atoms with Gasteiger partial charge in [0.05, 0.1) is 12.8 Å². The van der Waals surface area contributed by atoms with Crippen LogP contribution < -0.4 is 21.4 Å². The zero-order valence-electron chi connectivity index (χ0n) is 18.5. The minimum Gasteiger partial charge on any atom is -0.491 e. The fourth-order valence-electron chi connectivity index (χ4n) is 3.38. The Morgan fingerprint density at radius 2 is 1.97 bits per heavy atom. The number of H-pyrrole nitrogens is 1. The van der Waals surface area contributed by atoms with Crippen LogP contribution in [0.3, 0.4) is 0 Å². The second-order valence-electron chi connectivity index (χ2n) is 7.69. The molecule has 11 heteroatoms. The minimum atomic E-state index is -0.977. The van der Waals surface area contributed by atoms with E-state index >= 15 is 0 Å². The van der Waals surface area contributed by atoms with Crippen molar-refractivity contribution in [3.05, 3.63) is 85.5 Å². The lowest BCUT2D eigenvalue weighted by Crippen LogP contribution is -2.30. The first-order valence-electron chi connectivity index (χ1n) is 10.4. The molecule has 2 aromatic carbocycles. The lowest BCUT2D eigenvalue weighted by Gasteiger charge is -2.16. The Labute approximate surface area is 199 Å². The van der Waals surface area contributed by atoms with Crippen molar-refractivity contribution in [2.24, 2.45) is 12.1 Å². The van der Waals surface area contributed by atoms with Gasteiger partial charge in [-0.25, -0.2) is 10.2 Å². The second kappa shape index (κ2) is 9.94. The minimum absolute atomic E-state index is 0.0122. The summed E-state index contributed by atoms with van der Waals surface area (Å²) in [5.41, 5.74) is 3.59. The van der Waals surface area contributed by atoms with E-state index in [0.29, 0.717) is 10.8 Å². The van der Waals surface area contributed by atoms with Gasteiger partial charge in [-0.05, 0) is 36.2 Å². The van der Waals surface area contributed by atoms with E-state index in [9.17, 15) is 14.7 Å². The third-order valence-corrected chi connectivity index (χ3v) is 5.43. The predicted octanol–water partition coefficient (Wildman–Crippen LogP) is 2.27. The van der Waals surface area contributed by atoms with Gasteiger partial charge in [-0.2, -0.15) is 10.1 Å². The molecule has 176 valence electrons. The van der Waals surface area contributed by atoms with Crippen LogP contribution >= 0.6 is 11.6 Å². The average Bonchev–Trinajstić information content (AvgIpc) is 3.17. The molecule has 0 amide bonds. The normalized spacial score (nSPS) is 12.4. The first kappa shape index (κ1) is 23.3. The lowest BCUT2D eigenvalue weighted by molar-refractivity contribution is 0.0935. The molecular weight excluding hydrogens is 460 g/mol. The van der Waals surface area contributed by atoms with Gasteiger partial charge in [0.25, 0.3) is 5.56 Å². The highest BCUT2D eigenvalue weighted by Crippen LogP contribution is 2.19. The molecule has 2 aromatic heterocycles. The third kappa shape index (κ3) is 5.03. The molecule has 0 aliphatic heterocycles. The highest BCUT2D eigenvalue weighted by Gasteiger charge is 2.20. The van der Waals surface area contributed by atoms with E-state index in [-0.39, 0.29) is 30.3 Å². The maximum atomic E-state index is 12.6. The maximum absolute atomic E-state index is 12.6. The molecule has 10 nitrogen and oxygen atoms in total. The first-order chi connectivity index (χ1) is 16.3. The molecule has 4 rings (SSSR count). The van der Waals surface area contributed by atoms with Gasteiger partial charge in [-0.3, -0.25) is 14.3 Å². The summed E-state index contributed by atoms with van der Waals surface area (Å²) < 4.78 is 8.43. The zero-order chi connectivity index (χ0) is 24.2. The van der Waals surface area contributed by atoms with Crippen LogP contribution in [0.2, 0.25) is 5.02 Å². The Bertz CT molecular complexity index is 1460. The largest absolute Gasteiger partial charge is 0.491 e. The maximum Gasteiger partial charge on any atom is 0.329 e. The van der Waals surface area contributed by atoms with E-state index in [2.05, 4.69) is 20.5 Å². The molecule has 0 radical (unpaired) electrons. The van der Waals surface area contributed by atoms with E-state index in [1.54, 1.807) is 30.5 Å². The summed E-state index contributed by atoms with van der Waals surface area (Å²) in [6.07, 6.45) is 0.579. The fraction of sp³-hybridized carbons (Fsp3) is 0.217. The van der Waals surface area contributed by atoms with E-state index in [4.69, 9.17) is 16.3 Å². The van der Waals surface area contributed by atoms with Crippen molar-refractivity contribution in [1.29, 1.82) is 0 Å². The number of hydrogen-bond donors (Lipinski definition) is 3. The monoisotopic (exact) mass is 482 g/mol. The van der Waals surface area contributed by atoms with Crippen molar-refractivity contribution < 1.29 is 9.84 Å². The van der Waals surface area contributed by atoms with Crippen molar-refractivity contribution in [2.75, 3.05) is 12.0 Å². The predicted molar refractivity (Wildman–Crippen MR) is 131 cm³/mol. The molecule has 0 aliphatic carbocycles. The number of para-hydroxylation sites is 1. The number of fused-ring (bicyclic) bond motifs is 1. The number of imidazole rings is 1. The smallest absolute Gasteiger partial charge is 0.329 e. The fourth-order valence-corrected chi connectivity index (χ4v) is 3.50. The molecule has 0 aliphatic rings. The molecule has 0 bridgehead atoms. The van der Waals surface area contributed by atoms with Gasteiger partial charge in [-0.15, -0.1) is 0 Å². The Morgan fingerprint density at radius 1 is 1.24 bits per heavy atom. The van der Waals surface area contributed by atoms with Crippen molar-refractivity contribution in [3.63, 3.8) is 0 Å². The number of aliphatic hydroxyl groups is 1. The Morgan fingerprint density at radius 3 is 2.71 bits per heavy atom. The highest BCUT2D eigenvalue weighted by atomic mass is 35.5. The Balaban J connectivity index is 1.62. The number of hydrazone groups is 1. The summed E-state index contributed by atoms with van der Waals surface area (Å²) in [6, 6.07) is 14.5. The summed E-state index contributed by atoms with van der Waals surface area (Å²) in [6.45, 7) is 1.87. The number of nitrogens with zero attached hydrogens (tertiary/aromatic N) is 4. The van der Waals surface area contributed by atoms with Crippen LogP contribution in [0.5, 0.6) is 5.75 Å². The molecule has 0 spiro atoms. The quantitative estimate of drug-likeness (QED) is 0.261. The number of rotatable bonds is 8. The topological polar surface area (TPSA) is 127 Å². The van der Waals surface area contributed by atoms with Gasteiger partial charge in [0.15, 0.2) is 11.2 Å². The summed E-state index contributed by atoms with van der Waals surface area (Å²) >= 11 is 5.90. The first-order valence-corrected chi connectivity index (χ1v) is 10.8. The summed E-state index contributed by atoms with van der Waals surface area (Å²) in [5.74, 6) is 0.838. The summed E-state index contributed by atoms with van der Waals surface area (Å²) in [5, 5.41) is 15.5. The number of aromatic amines is 1. The van der Waals surface area contributed by atoms with Crippen LogP contribution in [0, 0.1) is 6.92 Å². The lowest BCUT2D eigenvalue weighted by atomic mass is 10.2. The van der Waals surface area contributed by atoms with E-state index in [0.717, 1.165) is 11.1 Å². The molecule has 0 saturated carbocycles. The van der Waals surface area contributed by atoms with Gasteiger partial charge >= 0.3 is 5.69 Å². The van der Waals surface area contributed by atoms with Gasteiger partial charge in [-0.1, -0.05) is 41.9 Å². The number of aromatic nitrogens is 4. The Hall–Kier alpha value is -3.89. The van der Waals surface area contributed by atoms with E-state index in [1.165, 1.54) is 16.2 Å². The molecule has 34 heavy (non-hydrogen) atoms. The third-order valence-electron chi connectivity index (χ3n) is 5.17. The van der Waals surface area contributed by atoms with E-state index in [1.807, 2.05) is 31.2 Å². The van der Waals surface area contributed by atoms with Crippen LogP contribution in [-0.2, 0) is 13.6 Å². The molecule has 1 atom stereocenters. The molecule has 3 N–H and O–H groups in total. The van der Waals surface area contributed by atoms with Crippen LogP contribution in [0.4, 0.5) is 5.95 Å². The number of aryl methyl sites for hydroxylation is 2. The number of nitrogens with one attached hydrogen (secondary N) is 2. The zero-order valence-corrected chi connectivity index (χ0v) is 19.3. The number of benzene rings is 2. The van der Waals surface area contributed by atoms with Crippen molar-refractivity contribution in [3.8, 4) is 5.75 Å². The molecule has 1 unspecified atom stereocenters. The van der Waals surface area contributed by atoms with Crippen LogP contribution in [-0.4, -0.2) is 43.1 Å². The van der Waals surface area contributed by atoms with Crippen molar-refractivity contribution >= 4 is 34.9 Å². The molecule has 0 saturated heterocycles. The SMILES string of the molecule is Cc1ccccc1OCC(O)Cn1c(N/N=C/c2ccc(Cl)cc2)nc2c1c(=O)[nH]c(=O)n2C. The van der Waals surface area contributed by atoms with Crippen LogP contribution in [0.15, 0.2) is 63.2 Å². The summed E-state index contributed by atoms with van der Waals surface area (Å²) in [4.78, 5) is 31.3. The average molecular weight is 483 g/mol. The second-order valence-corrected chi connectivity index (χ2v) is 8.12. The standard InChI is InChI=1S/C23H23ClN6O4/c1-14-5-3-4-6-18(14)34-13-17(31)12-30-19-20(29(2)23(33)27-21(19)32)26-22(30)28-25-11-15-7-9-16(24)10-8-15/h3-11,17,31H,12-13H2,1-2H3,(H,26,28)(H,27,32,33)/b25-11+. The Kier molecular flexibility index (Phi) is 6.80. The number of ether oxygens (including phenoxy) is 1. The molecule has 0 fully saturated rings. The number of halogens is 1. The van der Waals surface area contributed by atoms with Crippen molar-refractivity contribution in [2.45, 2.75) is 19.6 Å². The van der Waals surface area contributed by atoms with Gasteiger partial charge in [0.1, 0.15) is 18.5 Å².